The van der Waals surface area contributed by atoms with Crippen LogP contribution in [0.4, 0.5) is 22.0 Å². The molecule has 0 saturated heterocycles. The van der Waals surface area contributed by atoms with Gasteiger partial charge in [0.05, 0.1) is 0 Å². The Bertz CT molecular complexity index is 652. The lowest BCUT2D eigenvalue weighted by Crippen LogP contribution is -2.41. The lowest BCUT2D eigenvalue weighted by atomic mass is 10.2. The largest absolute Gasteiger partial charge is 0.499 e. The van der Waals surface area contributed by atoms with Crippen LogP contribution in [0.25, 0.3) is 0 Å². The van der Waals surface area contributed by atoms with Gasteiger partial charge in [0.2, 0.25) is 0 Å². The molecule has 2 aromatic rings. The van der Waals surface area contributed by atoms with Crippen molar-refractivity contribution in [3.8, 4) is 17.2 Å². The number of hydrogen-bond donors (Lipinski definition) is 0. The molecular formula is C15H10F5O2. The minimum atomic E-state index is -5.80. The molecule has 0 aliphatic carbocycles. The quantitative estimate of drug-likeness (QED) is 0.722. The molecule has 0 spiro atoms. The molecule has 0 aromatic heterocycles. The van der Waals surface area contributed by atoms with Crippen molar-refractivity contribution in [2.75, 3.05) is 0 Å². The first-order valence-electron chi connectivity index (χ1n) is 6.01. The van der Waals surface area contributed by atoms with Gasteiger partial charge in [0, 0.05) is 6.07 Å². The first-order chi connectivity index (χ1) is 10.2. The summed E-state index contributed by atoms with van der Waals surface area (Å²) >= 11 is 0. The Morgan fingerprint density at radius 3 is 2.09 bits per heavy atom. The maximum atomic E-state index is 12.8. The van der Waals surface area contributed by atoms with E-state index in [0.29, 0.717) is 11.3 Å². The van der Waals surface area contributed by atoms with Gasteiger partial charge in [-0.25, -0.2) is 0 Å². The molecule has 0 heterocycles. The number of halogens is 5. The fourth-order valence-corrected chi connectivity index (χ4v) is 1.54. The average Bonchev–Trinajstić information content (AvgIpc) is 2.40. The predicted octanol–water partition coefficient (Wildman–Crippen LogP) is 5.19. The van der Waals surface area contributed by atoms with Crippen molar-refractivity contribution in [2.24, 2.45) is 0 Å². The zero-order chi connectivity index (χ0) is 16.4. The third kappa shape index (κ3) is 3.66. The van der Waals surface area contributed by atoms with Crippen molar-refractivity contribution in [3.05, 3.63) is 61.0 Å². The number of hydrogen-bond acceptors (Lipinski definition) is 2. The fraction of sp³-hybridized carbons (Fsp3) is 0.133. The van der Waals surface area contributed by atoms with Gasteiger partial charge >= 0.3 is 12.3 Å². The maximum absolute atomic E-state index is 12.8. The van der Waals surface area contributed by atoms with Crippen molar-refractivity contribution < 1.29 is 31.4 Å². The highest BCUT2D eigenvalue weighted by Gasteiger charge is 2.61. The molecule has 0 atom stereocenters. The SMILES string of the molecule is [CH2]c1ccccc1Oc1cccc(OC(F)(F)C(F)(F)F)c1. The van der Waals surface area contributed by atoms with E-state index >= 15 is 0 Å². The topological polar surface area (TPSA) is 18.5 Å². The molecule has 1 radical (unpaired) electrons. The normalized spacial score (nSPS) is 12.1. The maximum Gasteiger partial charge on any atom is 0.499 e. The van der Waals surface area contributed by atoms with Gasteiger partial charge in [-0.15, -0.1) is 0 Å². The summed E-state index contributed by atoms with van der Waals surface area (Å²) in [5.41, 5.74) is 0.537. The molecule has 0 amide bonds. The van der Waals surface area contributed by atoms with E-state index < -0.39 is 18.0 Å². The second-order valence-corrected chi connectivity index (χ2v) is 4.30. The Balaban J connectivity index is 2.19. The number of para-hydroxylation sites is 1. The predicted molar refractivity (Wildman–Crippen MR) is 69.0 cm³/mol. The Labute approximate surface area is 123 Å². The Kier molecular flexibility index (Phi) is 4.25. The zero-order valence-electron chi connectivity index (χ0n) is 11.0. The molecule has 22 heavy (non-hydrogen) atoms. The summed E-state index contributed by atoms with van der Waals surface area (Å²) in [7, 11) is 0. The van der Waals surface area contributed by atoms with Gasteiger partial charge in [0.25, 0.3) is 0 Å². The van der Waals surface area contributed by atoms with Gasteiger partial charge < -0.3 is 9.47 Å². The molecule has 0 aliphatic heterocycles. The van der Waals surface area contributed by atoms with Crippen LogP contribution in [0.3, 0.4) is 0 Å². The number of ether oxygens (including phenoxy) is 2. The van der Waals surface area contributed by atoms with E-state index in [-0.39, 0.29) is 5.75 Å². The molecule has 7 heteroatoms. The van der Waals surface area contributed by atoms with Crippen LogP contribution >= 0.6 is 0 Å². The van der Waals surface area contributed by atoms with Crippen LogP contribution in [0.5, 0.6) is 17.2 Å². The minimum Gasteiger partial charge on any atom is -0.457 e. The standard InChI is InChI=1S/C15H10F5O2/c1-10-5-2-3-8-13(10)21-11-6-4-7-12(9-11)22-15(19,20)14(16,17)18/h2-9H,1H2. The summed E-state index contributed by atoms with van der Waals surface area (Å²) in [4.78, 5) is 0. The van der Waals surface area contributed by atoms with Crippen LogP contribution in [0.2, 0.25) is 0 Å². The van der Waals surface area contributed by atoms with Crippen LogP contribution in [-0.4, -0.2) is 12.3 Å². The van der Waals surface area contributed by atoms with E-state index in [1.807, 2.05) is 0 Å². The molecule has 0 fully saturated rings. The molecule has 2 nitrogen and oxygen atoms in total. The highest BCUT2D eigenvalue weighted by molar-refractivity contribution is 5.41. The smallest absolute Gasteiger partial charge is 0.457 e. The second-order valence-electron chi connectivity index (χ2n) is 4.30. The van der Waals surface area contributed by atoms with E-state index in [2.05, 4.69) is 11.7 Å². The van der Waals surface area contributed by atoms with Crippen LogP contribution in [-0.2, 0) is 0 Å². The van der Waals surface area contributed by atoms with E-state index in [9.17, 15) is 22.0 Å². The molecular weight excluding hydrogens is 307 g/mol. The molecule has 0 saturated carbocycles. The summed E-state index contributed by atoms with van der Waals surface area (Å²) in [6, 6.07) is 11.2. The monoisotopic (exact) mass is 317 g/mol. The van der Waals surface area contributed by atoms with Crippen LogP contribution in [0.15, 0.2) is 48.5 Å². The van der Waals surface area contributed by atoms with E-state index in [1.165, 1.54) is 12.1 Å². The lowest BCUT2D eigenvalue weighted by molar-refractivity contribution is -0.360. The van der Waals surface area contributed by atoms with Crippen LogP contribution < -0.4 is 9.47 Å². The molecule has 0 N–H and O–H groups in total. The summed E-state index contributed by atoms with van der Waals surface area (Å²) in [5.74, 6) is -0.268. The number of benzene rings is 2. The van der Waals surface area contributed by atoms with Crippen molar-refractivity contribution in [2.45, 2.75) is 12.3 Å². The summed E-state index contributed by atoms with van der Waals surface area (Å²) in [6.07, 6.45) is -11.1. The summed E-state index contributed by atoms with van der Waals surface area (Å²) in [5, 5.41) is 0. The molecule has 2 rings (SSSR count). The van der Waals surface area contributed by atoms with Gasteiger partial charge in [0.1, 0.15) is 17.2 Å². The van der Waals surface area contributed by atoms with Crippen molar-refractivity contribution >= 4 is 0 Å². The van der Waals surface area contributed by atoms with Crippen LogP contribution in [0.1, 0.15) is 5.56 Å². The molecule has 0 aliphatic rings. The molecule has 2 aromatic carbocycles. The first kappa shape index (κ1) is 16.1. The fourth-order valence-electron chi connectivity index (χ4n) is 1.54. The Hall–Kier alpha value is -2.31. The van der Waals surface area contributed by atoms with Gasteiger partial charge in [0.15, 0.2) is 0 Å². The zero-order valence-corrected chi connectivity index (χ0v) is 11.0. The molecule has 0 bridgehead atoms. The summed E-state index contributed by atoms with van der Waals surface area (Å²) < 4.78 is 71.1. The first-order valence-corrected chi connectivity index (χ1v) is 6.01. The number of rotatable bonds is 4. The lowest BCUT2D eigenvalue weighted by Gasteiger charge is -2.20. The third-order valence-electron chi connectivity index (χ3n) is 2.58. The van der Waals surface area contributed by atoms with Gasteiger partial charge in [-0.2, -0.15) is 22.0 Å². The van der Waals surface area contributed by atoms with Gasteiger partial charge in [-0.3, -0.25) is 0 Å². The van der Waals surface area contributed by atoms with Gasteiger partial charge in [-0.1, -0.05) is 24.3 Å². The minimum absolute atomic E-state index is 0.0478. The summed E-state index contributed by atoms with van der Waals surface area (Å²) in [6.45, 7) is 3.71. The number of alkyl halides is 5. The Morgan fingerprint density at radius 2 is 1.45 bits per heavy atom. The van der Waals surface area contributed by atoms with E-state index in [1.54, 1.807) is 24.3 Å². The van der Waals surface area contributed by atoms with Crippen molar-refractivity contribution in [1.29, 1.82) is 0 Å². The average molecular weight is 317 g/mol. The highest BCUT2D eigenvalue weighted by atomic mass is 19.4. The van der Waals surface area contributed by atoms with Crippen LogP contribution in [0, 0.1) is 6.92 Å². The van der Waals surface area contributed by atoms with E-state index in [0.717, 1.165) is 12.1 Å². The molecule has 117 valence electrons. The van der Waals surface area contributed by atoms with Gasteiger partial charge in [-0.05, 0) is 30.7 Å². The molecule has 0 unspecified atom stereocenters. The second kappa shape index (κ2) is 5.82. The van der Waals surface area contributed by atoms with E-state index in [4.69, 9.17) is 4.74 Å². The Morgan fingerprint density at radius 1 is 0.818 bits per heavy atom. The third-order valence-corrected chi connectivity index (χ3v) is 2.58. The highest BCUT2D eigenvalue weighted by Crippen LogP contribution is 2.38. The van der Waals surface area contributed by atoms with Crippen molar-refractivity contribution in [1.82, 2.24) is 0 Å². The van der Waals surface area contributed by atoms with Crippen molar-refractivity contribution in [3.63, 3.8) is 0 Å².